The molecule has 1 N–H and O–H groups in total. The molecular weight excluding hydrogens is 266 g/mol. The molecule has 0 saturated heterocycles. The molecule has 0 bridgehead atoms. The van der Waals surface area contributed by atoms with Gasteiger partial charge in [0.15, 0.2) is 11.3 Å². The van der Waals surface area contributed by atoms with Crippen molar-refractivity contribution >= 4 is 22.9 Å². The first kappa shape index (κ1) is 13.1. The van der Waals surface area contributed by atoms with Crippen LogP contribution in [0.2, 0.25) is 0 Å². The van der Waals surface area contributed by atoms with E-state index in [0.29, 0.717) is 16.7 Å². The zero-order chi connectivity index (χ0) is 14.8. The Bertz CT molecular complexity index is 879. The Balaban J connectivity index is 2.12. The quantitative estimate of drug-likeness (QED) is 0.729. The highest BCUT2D eigenvalue weighted by Crippen LogP contribution is 2.16. The van der Waals surface area contributed by atoms with E-state index in [1.165, 1.54) is 6.08 Å². The van der Waals surface area contributed by atoms with Gasteiger partial charge in [0.05, 0.1) is 0 Å². The van der Waals surface area contributed by atoms with E-state index < -0.39 is 5.63 Å². The van der Waals surface area contributed by atoms with Crippen LogP contribution in [0.1, 0.15) is 16.8 Å². The molecule has 0 aliphatic heterocycles. The van der Waals surface area contributed by atoms with E-state index in [1.54, 1.807) is 30.3 Å². The summed E-state index contributed by atoms with van der Waals surface area (Å²) >= 11 is 0. The van der Waals surface area contributed by atoms with E-state index in [4.69, 9.17) is 4.42 Å². The van der Waals surface area contributed by atoms with Crippen LogP contribution in [0.15, 0.2) is 57.7 Å². The molecule has 104 valence electrons. The molecule has 0 fully saturated rings. The lowest BCUT2D eigenvalue weighted by Gasteiger charge is -2.01. The molecule has 4 nitrogen and oxygen atoms in total. The fourth-order valence-electron chi connectivity index (χ4n) is 2.04. The third-order valence-electron chi connectivity index (χ3n) is 3.11. The van der Waals surface area contributed by atoms with Gasteiger partial charge in [0, 0.05) is 11.6 Å². The minimum Gasteiger partial charge on any atom is -0.507 e. The molecule has 0 radical (unpaired) electrons. The maximum Gasteiger partial charge on any atom is 0.362 e. The molecule has 0 saturated carbocycles. The van der Waals surface area contributed by atoms with Crippen LogP contribution < -0.4 is 5.63 Å². The summed E-state index contributed by atoms with van der Waals surface area (Å²) in [5.74, 6) is -0.0256. The summed E-state index contributed by atoms with van der Waals surface area (Å²) in [4.78, 5) is 16.2. The zero-order valence-electron chi connectivity index (χ0n) is 11.4. The number of hydrogen-bond donors (Lipinski definition) is 1. The molecule has 3 rings (SSSR count). The number of aromatic nitrogens is 1. The summed E-state index contributed by atoms with van der Waals surface area (Å²) in [6.45, 7) is 1.93. The van der Waals surface area contributed by atoms with Gasteiger partial charge in [-0.15, -0.1) is 0 Å². The molecule has 0 atom stereocenters. The zero-order valence-corrected chi connectivity index (χ0v) is 11.4. The lowest BCUT2D eigenvalue weighted by Crippen LogP contribution is -2.06. The first-order valence-corrected chi connectivity index (χ1v) is 6.51. The minimum absolute atomic E-state index is 0.0256. The Hall–Kier alpha value is -2.88. The molecule has 0 spiro atoms. The monoisotopic (exact) mass is 279 g/mol. The predicted octanol–water partition coefficient (Wildman–Crippen LogP) is 3.55. The molecule has 0 aliphatic carbocycles. The third kappa shape index (κ3) is 2.69. The van der Waals surface area contributed by atoms with Crippen molar-refractivity contribution in [1.82, 2.24) is 4.98 Å². The number of nitrogens with zero attached hydrogens (tertiary/aromatic N) is 1. The highest BCUT2D eigenvalue weighted by atomic mass is 16.4. The van der Waals surface area contributed by atoms with Gasteiger partial charge < -0.3 is 9.52 Å². The number of aliphatic hydroxyl groups is 1. The van der Waals surface area contributed by atoms with Gasteiger partial charge >= 0.3 is 5.63 Å². The normalized spacial score (nSPS) is 11.8. The van der Waals surface area contributed by atoms with Crippen molar-refractivity contribution in [1.29, 1.82) is 0 Å². The van der Waals surface area contributed by atoms with Crippen LogP contribution in [-0.4, -0.2) is 10.1 Å². The molecule has 1 aromatic heterocycles. The van der Waals surface area contributed by atoms with Crippen molar-refractivity contribution in [3.05, 3.63) is 75.8 Å². The number of aryl methyl sites for hydroxylation is 1. The van der Waals surface area contributed by atoms with Gasteiger partial charge in [-0.1, -0.05) is 36.4 Å². The summed E-state index contributed by atoms with van der Waals surface area (Å²) in [6.07, 6.45) is 1.32. The smallest absolute Gasteiger partial charge is 0.362 e. The molecule has 1 heterocycles. The summed E-state index contributed by atoms with van der Waals surface area (Å²) < 4.78 is 5.21. The summed E-state index contributed by atoms with van der Waals surface area (Å²) in [7, 11) is 0. The van der Waals surface area contributed by atoms with Crippen molar-refractivity contribution in [2.75, 3.05) is 0 Å². The maximum absolute atomic E-state index is 11.9. The van der Waals surface area contributed by atoms with Gasteiger partial charge in [-0.25, -0.2) is 9.78 Å². The molecular formula is C17H13NO3. The summed E-state index contributed by atoms with van der Waals surface area (Å²) in [5, 5.41) is 10.1. The molecule has 3 aromatic rings. The van der Waals surface area contributed by atoms with E-state index in [-0.39, 0.29) is 11.5 Å². The van der Waals surface area contributed by atoms with E-state index in [1.807, 2.05) is 25.1 Å². The lowest BCUT2D eigenvalue weighted by molar-refractivity contribution is 0.514. The van der Waals surface area contributed by atoms with Crippen LogP contribution in [-0.2, 0) is 0 Å². The summed E-state index contributed by atoms with van der Waals surface area (Å²) in [6, 6.07) is 14.3. The SMILES string of the molecule is Cc1ccc2oc(=O)c(C=C(O)c3ccccc3)nc2c1. The Morgan fingerprint density at radius 1 is 1.19 bits per heavy atom. The number of hydrogen-bond acceptors (Lipinski definition) is 4. The topological polar surface area (TPSA) is 63.3 Å². The second-order valence-electron chi connectivity index (χ2n) is 4.75. The predicted molar refractivity (Wildman–Crippen MR) is 82.0 cm³/mol. The maximum atomic E-state index is 11.9. The van der Waals surface area contributed by atoms with Gasteiger partial charge in [-0.05, 0) is 24.6 Å². The van der Waals surface area contributed by atoms with Crippen LogP contribution in [0.4, 0.5) is 0 Å². The minimum atomic E-state index is -0.575. The Kier molecular flexibility index (Phi) is 3.28. The van der Waals surface area contributed by atoms with Gasteiger partial charge in [0.2, 0.25) is 0 Å². The Morgan fingerprint density at radius 3 is 2.71 bits per heavy atom. The standard InChI is InChI=1S/C17H13NO3/c1-11-7-8-16-13(9-11)18-14(17(20)21-16)10-15(19)12-5-3-2-4-6-12/h2-10,19H,1H3. The van der Waals surface area contributed by atoms with E-state index in [9.17, 15) is 9.90 Å². The number of fused-ring (bicyclic) bond motifs is 1. The number of benzene rings is 2. The lowest BCUT2D eigenvalue weighted by atomic mass is 10.1. The van der Waals surface area contributed by atoms with Crippen molar-refractivity contribution < 1.29 is 9.52 Å². The van der Waals surface area contributed by atoms with Gasteiger partial charge in [-0.3, -0.25) is 0 Å². The summed E-state index contributed by atoms with van der Waals surface area (Å²) in [5.41, 5.74) is 2.15. The first-order valence-electron chi connectivity index (χ1n) is 6.51. The third-order valence-corrected chi connectivity index (χ3v) is 3.11. The van der Waals surface area contributed by atoms with Crippen molar-refractivity contribution in [2.45, 2.75) is 6.92 Å². The average molecular weight is 279 g/mol. The Morgan fingerprint density at radius 2 is 1.95 bits per heavy atom. The van der Waals surface area contributed by atoms with Crippen LogP contribution >= 0.6 is 0 Å². The second kappa shape index (κ2) is 5.25. The fraction of sp³-hybridized carbons (Fsp3) is 0.0588. The van der Waals surface area contributed by atoms with Crippen LogP contribution in [0.5, 0.6) is 0 Å². The molecule has 0 unspecified atom stereocenters. The van der Waals surface area contributed by atoms with Gasteiger partial charge in [-0.2, -0.15) is 0 Å². The van der Waals surface area contributed by atoms with Crippen LogP contribution in [0, 0.1) is 6.92 Å². The largest absolute Gasteiger partial charge is 0.507 e. The fourth-order valence-corrected chi connectivity index (χ4v) is 2.04. The molecule has 4 heteroatoms. The van der Waals surface area contributed by atoms with E-state index in [2.05, 4.69) is 4.98 Å². The van der Waals surface area contributed by atoms with Crippen molar-refractivity contribution in [3.63, 3.8) is 0 Å². The van der Waals surface area contributed by atoms with Crippen molar-refractivity contribution in [3.8, 4) is 0 Å². The Labute approximate surface area is 121 Å². The van der Waals surface area contributed by atoms with E-state index in [0.717, 1.165) is 5.56 Å². The van der Waals surface area contributed by atoms with E-state index >= 15 is 0 Å². The molecule has 0 amide bonds. The molecule has 21 heavy (non-hydrogen) atoms. The highest BCUT2D eigenvalue weighted by molar-refractivity contribution is 5.78. The van der Waals surface area contributed by atoms with Gasteiger partial charge in [0.1, 0.15) is 11.3 Å². The van der Waals surface area contributed by atoms with Crippen LogP contribution in [0.3, 0.4) is 0 Å². The van der Waals surface area contributed by atoms with Gasteiger partial charge in [0.25, 0.3) is 0 Å². The highest BCUT2D eigenvalue weighted by Gasteiger charge is 2.07. The first-order chi connectivity index (χ1) is 10.1. The van der Waals surface area contributed by atoms with Crippen LogP contribution in [0.25, 0.3) is 22.9 Å². The number of aliphatic hydroxyl groups excluding tert-OH is 1. The molecule has 2 aromatic carbocycles. The average Bonchev–Trinajstić information content (AvgIpc) is 2.49. The number of rotatable bonds is 2. The second-order valence-corrected chi connectivity index (χ2v) is 4.75. The molecule has 0 aliphatic rings. The van der Waals surface area contributed by atoms with Crippen molar-refractivity contribution in [2.24, 2.45) is 0 Å².